The maximum atomic E-state index is 13.4. The lowest BCUT2D eigenvalue weighted by Crippen LogP contribution is -2.24. The van der Waals surface area contributed by atoms with Gasteiger partial charge in [0.05, 0.1) is 16.6 Å². The molecule has 0 fully saturated rings. The Morgan fingerprint density at radius 1 is 1.18 bits per heavy atom. The minimum absolute atomic E-state index is 0.140. The Bertz CT molecular complexity index is 1160. The van der Waals surface area contributed by atoms with Crippen LogP contribution in [0.3, 0.4) is 0 Å². The summed E-state index contributed by atoms with van der Waals surface area (Å²) >= 11 is 0. The lowest BCUT2D eigenvalue weighted by Gasteiger charge is -2.16. The minimum atomic E-state index is -0.634. The van der Waals surface area contributed by atoms with E-state index in [9.17, 15) is 9.59 Å². The van der Waals surface area contributed by atoms with Crippen LogP contribution in [0.1, 0.15) is 35.0 Å². The van der Waals surface area contributed by atoms with Gasteiger partial charge in [-0.3, -0.25) is 19.4 Å². The molecular formula is C22H23N3O3. The second-order valence-corrected chi connectivity index (χ2v) is 6.86. The van der Waals surface area contributed by atoms with Gasteiger partial charge in [-0.1, -0.05) is 24.6 Å². The maximum Gasteiger partial charge on any atom is 0.267 e. The Kier molecular flexibility index (Phi) is 5.42. The van der Waals surface area contributed by atoms with Gasteiger partial charge >= 0.3 is 0 Å². The molecule has 3 rings (SSSR count). The van der Waals surface area contributed by atoms with Gasteiger partial charge < -0.3 is 0 Å². The molecule has 28 heavy (non-hydrogen) atoms. The molecule has 0 atom stereocenters. The molecule has 0 unspecified atom stereocenters. The summed E-state index contributed by atoms with van der Waals surface area (Å²) in [5.74, 6) is 0.0698. The number of benzene rings is 2. The molecule has 6 nitrogen and oxygen atoms in total. The Balaban J connectivity index is 2.30. The van der Waals surface area contributed by atoms with Crippen LogP contribution in [0.5, 0.6) is 0 Å². The zero-order valence-corrected chi connectivity index (χ0v) is 16.4. The third kappa shape index (κ3) is 3.59. The number of rotatable bonds is 4. The summed E-state index contributed by atoms with van der Waals surface area (Å²) in [6.45, 7) is 7.87. The zero-order chi connectivity index (χ0) is 20.4. The van der Waals surface area contributed by atoms with E-state index in [4.69, 9.17) is 10.2 Å². The van der Waals surface area contributed by atoms with E-state index >= 15 is 0 Å². The predicted octanol–water partition coefficient (Wildman–Crippen LogP) is 3.39. The SMILES string of the molecule is CCc1nc2c(C)cc(/C=C/C(=O)NO)cc2c(=O)n1-c1ccc(C)cc1C. The summed E-state index contributed by atoms with van der Waals surface area (Å²) in [7, 11) is 0. The molecule has 0 aliphatic heterocycles. The van der Waals surface area contributed by atoms with Crippen LogP contribution >= 0.6 is 0 Å². The minimum Gasteiger partial charge on any atom is -0.288 e. The highest BCUT2D eigenvalue weighted by molar-refractivity contribution is 5.92. The fourth-order valence-electron chi connectivity index (χ4n) is 3.38. The average Bonchev–Trinajstić information content (AvgIpc) is 2.67. The van der Waals surface area contributed by atoms with Crippen LogP contribution in [-0.4, -0.2) is 20.7 Å². The van der Waals surface area contributed by atoms with Crippen molar-refractivity contribution in [2.24, 2.45) is 0 Å². The number of hydrogen-bond acceptors (Lipinski definition) is 4. The van der Waals surface area contributed by atoms with Crippen molar-refractivity contribution in [3.8, 4) is 5.69 Å². The fourth-order valence-corrected chi connectivity index (χ4v) is 3.38. The van der Waals surface area contributed by atoms with Crippen molar-refractivity contribution in [3.63, 3.8) is 0 Å². The molecule has 0 aliphatic carbocycles. The first-order chi connectivity index (χ1) is 13.3. The number of aromatic nitrogens is 2. The lowest BCUT2D eigenvalue weighted by molar-refractivity contribution is -0.124. The lowest BCUT2D eigenvalue weighted by atomic mass is 10.1. The molecule has 1 heterocycles. The van der Waals surface area contributed by atoms with Crippen LogP contribution < -0.4 is 11.0 Å². The molecule has 0 bridgehead atoms. The molecule has 2 aromatic carbocycles. The Morgan fingerprint density at radius 2 is 1.93 bits per heavy atom. The Labute approximate surface area is 163 Å². The second kappa shape index (κ2) is 7.78. The van der Waals surface area contributed by atoms with Gasteiger partial charge in [-0.2, -0.15) is 0 Å². The largest absolute Gasteiger partial charge is 0.288 e. The van der Waals surface area contributed by atoms with Gasteiger partial charge in [0, 0.05) is 12.5 Å². The molecule has 0 saturated carbocycles. The molecule has 6 heteroatoms. The van der Waals surface area contributed by atoms with Gasteiger partial charge in [-0.15, -0.1) is 0 Å². The van der Waals surface area contributed by atoms with Crippen LogP contribution in [0.25, 0.3) is 22.7 Å². The first-order valence-electron chi connectivity index (χ1n) is 9.11. The van der Waals surface area contributed by atoms with Crippen molar-refractivity contribution in [1.29, 1.82) is 0 Å². The van der Waals surface area contributed by atoms with Crippen molar-refractivity contribution >= 4 is 22.9 Å². The standard InChI is InChI=1S/C22H23N3O3/c1-5-19-23-21-15(4)11-16(7-9-20(26)24-28)12-17(21)22(27)25(19)18-8-6-13(2)10-14(18)3/h6-12,28H,5H2,1-4H3,(H,24,26)/b9-7+. The van der Waals surface area contributed by atoms with Crippen LogP contribution in [0.4, 0.5) is 0 Å². The molecule has 1 aromatic heterocycles. The monoisotopic (exact) mass is 377 g/mol. The van der Waals surface area contributed by atoms with E-state index in [0.717, 1.165) is 22.4 Å². The molecule has 3 aromatic rings. The number of fused-ring (bicyclic) bond motifs is 1. The summed E-state index contributed by atoms with van der Waals surface area (Å²) in [5.41, 5.74) is 6.56. The molecule has 0 radical (unpaired) electrons. The number of amides is 1. The van der Waals surface area contributed by atoms with Crippen molar-refractivity contribution < 1.29 is 10.0 Å². The summed E-state index contributed by atoms with van der Waals surface area (Å²) < 4.78 is 1.67. The van der Waals surface area contributed by atoms with Crippen LogP contribution in [-0.2, 0) is 11.2 Å². The van der Waals surface area contributed by atoms with E-state index in [1.807, 2.05) is 52.0 Å². The Morgan fingerprint density at radius 3 is 2.57 bits per heavy atom. The number of carbonyl (C=O) groups is 1. The van der Waals surface area contributed by atoms with Crippen molar-refractivity contribution in [2.75, 3.05) is 0 Å². The number of nitrogens with one attached hydrogen (secondary N) is 1. The topological polar surface area (TPSA) is 84.2 Å². The second-order valence-electron chi connectivity index (χ2n) is 6.86. The van der Waals surface area contributed by atoms with E-state index in [-0.39, 0.29) is 5.56 Å². The van der Waals surface area contributed by atoms with Gasteiger partial charge in [-0.25, -0.2) is 10.5 Å². The van der Waals surface area contributed by atoms with E-state index in [1.165, 1.54) is 6.08 Å². The highest BCUT2D eigenvalue weighted by Crippen LogP contribution is 2.21. The molecule has 0 spiro atoms. The predicted molar refractivity (Wildman–Crippen MR) is 110 cm³/mol. The van der Waals surface area contributed by atoms with E-state index < -0.39 is 5.91 Å². The Hall–Kier alpha value is -3.25. The highest BCUT2D eigenvalue weighted by Gasteiger charge is 2.15. The van der Waals surface area contributed by atoms with Gasteiger partial charge in [0.15, 0.2) is 0 Å². The molecule has 0 saturated heterocycles. The van der Waals surface area contributed by atoms with E-state index in [0.29, 0.717) is 28.7 Å². The molecule has 144 valence electrons. The first-order valence-corrected chi connectivity index (χ1v) is 9.11. The van der Waals surface area contributed by atoms with Gasteiger partial charge in [0.2, 0.25) is 0 Å². The smallest absolute Gasteiger partial charge is 0.267 e. The summed E-state index contributed by atoms with van der Waals surface area (Å²) in [6.07, 6.45) is 3.37. The number of nitrogens with zero attached hydrogens (tertiary/aromatic N) is 2. The zero-order valence-electron chi connectivity index (χ0n) is 16.4. The van der Waals surface area contributed by atoms with E-state index in [2.05, 4.69) is 0 Å². The summed E-state index contributed by atoms with van der Waals surface area (Å²) in [4.78, 5) is 29.5. The number of aryl methyl sites for hydroxylation is 4. The van der Waals surface area contributed by atoms with Crippen LogP contribution in [0.2, 0.25) is 0 Å². The van der Waals surface area contributed by atoms with Gasteiger partial charge in [0.1, 0.15) is 5.82 Å². The third-order valence-corrected chi connectivity index (χ3v) is 4.70. The normalized spacial score (nSPS) is 11.3. The molecular weight excluding hydrogens is 354 g/mol. The third-order valence-electron chi connectivity index (χ3n) is 4.70. The number of hydrogen-bond donors (Lipinski definition) is 2. The van der Waals surface area contributed by atoms with Crippen LogP contribution in [0.15, 0.2) is 41.2 Å². The molecule has 1 amide bonds. The fraction of sp³-hybridized carbons (Fsp3) is 0.227. The van der Waals surface area contributed by atoms with Crippen LogP contribution in [0, 0.1) is 20.8 Å². The molecule has 0 aliphatic rings. The quantitative estimate of drug-likeness (QED) is 0.415. The van der Waals surface area contributed by atoms with Crippen molar-refractivity contribution in [1.82, 2.24) is 15.0 Å². The van der Waals surface area contributed by atoms with E-state index in [1.54, 1.807) is 22.2 Å². The van der Waals surface area contributed by atoms with Gasteiger partial charge in [0.25, 0.3) is 11.5 Å². The molecule has 2 N–H and O–H groups in total. The number of hydroxylamine groups is 1. The number of carbonyl (C=O) groups excluding carboxylic acids is 1. The maximum absolute atomic E-state index is 13.4. The first kappa shape index (κ1) is 19.5. The highest BCUT2D eigenvalue weighted by atomic mass is 16.5. The summed E-state index contributed by atoms with van der Waals surface area (Å²) in [5, 5.41) is 9.12. The van der Waals surface area contributed by atoms with Crippen molar-refractivity contribution in [3.05, 3.63) is 74.8 Å². The van der Waals surface area contributed by atoms with Gasteiger partial charge in [-0.05, 0) is 61.7 Å². The van der Waals surface area contributed by atoms with Crippen molar-refractivity contribution in [2.45, 2.75) is 34.1 Å². The average molecular weight is 377 g/mol. The summed E-state index contributed by atoms with van der Waals surface area (Å²) in [6, 6.07) is 9.55.